The van der Waals surface area contributed by atoms with Crippen LogP contribution in [0.5, 0.6) is 0 Å². The van der Waals surface area contributed by atoms with Gasteiger partial charge in [-0.05, 0) is 24.8 Å². The second kappa shape index (κ2) is 8.09. The molecule has 0 heterocycles. The standard InChI is InChI=1S/C13H29NO2S/c1-5-6-7-9-13(2,3)12-14-10-8-11-17(4,15)16/h14H,5-12H2,1-4H3. The molecule has 0 aromatic heterocycles. The van der Waals surface area contributed by atoms with Gasteiger partial charge < -0.3 is 5.32 Å². The third-order valence-corrected chi connectivity index (χ3v) is 3.96. The first-order chi connectivity index (χ1) is 7.77. The van der Waals surface area contributed by atoms with Crippen LogP contribution in [0.4, 0.5) is 0 Å². The van der Waals surface area contributed by atoms with Gasteiger partial charge in [0.15, 0.2) is 0 Å². The summed E-state index contributed by atoms with van der Waals surface area (Å²) in [4.78, 5) is 0. The summed E-state index contributed by atoms with van der Waals surface area (Å²) in [6.07, 6.45) is 7.09. The molecule has 0 aliphatic heterocycles. The van der Waals surface area contributed by atoms with Crippen molar-refractivity contribution in [1.29, 1.82) is 0 Å². The first-order valence-electron chi connectivity index (χ1n) is 6.65. The highest BCUT2D eigenvalue weighted by Crippen LogP contribution is 2.22. The van der Waals surface area contributed by atoms with Crippen LogP contribution in [0, 0.1) is 5.41 Å². The van der Waals surface area contributed by atoms with E-state index in [0.717, 1.165) is 13.1 Å². The van der Waals surface area contributed by atoms with Crippen molar-refractivity contribution < 1.29 is 8.42 Å². The molecule has 1 N–H and O–H groups in total. The lowest BCUT2D eigenvalue weighted by Gasteiger charge is -2.25. The van der Waals surface area contributed by atoms with Gasteiger partial charge >= 0.3 is 0 Å². The molecule has 0 bridgehead atoms. The average Bonchev–Trinajstić information content (AvgIpc) is 2.15. The van der Waals surface area contributed by atoms with Crippen LogP contribution in [0.15, 0.2) is 0 Å². The summed E-state index contributed by atoms with van der Waals surface area (Å²) in [5.41, 5.74) is 0.320. The molecule has 0 fully saturated rings. The van der Waals surface area contributed by atoms with Gasteiger partial charge in [-0.15, -0.1) is 0 Å². The maximum atomic E-state index is 10.9. The Kier molecular flexibility index (Phi) is 8.05. The zero-order valence-electron chi connectivity index (χ0n) is 11.9. The zero-order valence-corrected chi connectivity index (χ0v) is 12.7. The summed E-state index contributed by atoms with van der Waals surface area (Å²) in [6.45, 7) is 8.53. The fourth-order valence-electron chi connectivity index (χ4n) is 1.83. The van der Waals surface area contributed by atoms with E-state index in [1.807, 2.05) is 0 Å². The van der Waals surface area contributed by atoms with Crippen molar-refractivity contribution in [2.24, 2.45) is 5.41 Å². The SMILES string of the molecule is CCCCCC(C)(C)CNCCCS(C)(=O)=O. The van der Waals surface area contributed by atoms with Gasteiger partial charge in [0.2, 0.25) is 0 Å². The Morgan fingerprint density at radius 3 is 2.29 bits per heavy atom. The highest BCUT2D eigenvalue weighted by Gasteiger charge is 2.16. The maximum absolute atomic E-state index is 10.9. The number of hydrogen-bond acceptors (Lipinski definition) is 3. The minimum absolute atomic E-state index is 0.288. The number of sulfone groups is 1. The quantitative estimate of drug-likeness (QED) is 0.616. The average molecular weight is 263 g/mol. The summed E-state index contributed by atoms with van der Waals surface area (Å²) in [5.74, 6) is 0.288. The van der Waals surface area contributed by atoms with Crippen molar-refractivity contribution in [3.8, 4) is 0 Å². The normalized spacial score (nSPS) is 12.9. The highest BCUT2D eigenvalue weighted by atomic mass is 32.2. The van der Waals surface area contributed by atoms with Gasteiger partial charge in [0.05, 0.1) is 5.75 Å². The Labute approximate surface area is 107 Å². The van der Waals surface area contributed by atoms with Gasteiger partial charge in [-0.1, -0.05) is 40.0 Å². The first-order valence-corrected chi connectivity index (χ1v) is 8.71. The molecule has 0 aromatic carbocycles. The summed E-state index contributed by atoms with van der Waals surface area (Å²) in [6, 6.07) is 0. The fourth-order valence-corrected chi connectivity index (χ4v) is 2.50. The molecule has 0 saturated heterocycles. The van der Waals surface area contributed by atoms with E-state index in [1.165, 1.54) is 31.9 Å². The number of nitrogens with one attached hydrogen (secondary N) is 1. The molecule has 3 nitrogen and oxygen atoms in total. The Morgan fingerprint density at radius 1 is 1.12 bits per heavy atom. The highest BCUT2D eigenvalue weighted by molar-refractivity contribution is 7.90. The maximum Gasteiger partial charge on any atom is 0.147 e. The third-order valence-electron chi connectivity index (χ3n) is 2.93. The topological polar surface area (TPSA) is 46.2 Å². The molecule has 0 aliphatic rings. The molecule has 0 atom stereocenters. The molecule has 4 heteroatoms. The summed E-state index contributed by atoms with van der Waals surface area (Å²) < 4.78 is 21.9. The fraction of sp³-hybridized carbons (Fsp3) is 1.00. The largest absolute Gasteiger partial charge is 0.316 e. The lowest BCUT2D eigenvalue weighted by atomic mass is 9.87. The minimum Gasteiger partial charge on any atom is -0.316 e. The van der Waals surface area contributed by atoms with E-state index in [9.17, 15) is 8.42 Å². The summed E-state index contributed by atoms with van der Waals surface area (Å²) >= 11 is 0. The van der Waals surface area contributed by atoms with Gasteiger partial charge in [0.25, 0.3) is 0 Å². The van der Waals surface area contributed by atoms with Gasteiger partial charge in [0.1, 0.15) is 9.84 Å². The number of hydrogen-bond donors (Lipinski definition) is 1. The summed E-state index contributed by atoms with van der Waals surface area (Å²) in [7, 11) is -2.80. The predicted octanol–water partition coefficient (Wildman–Crippen LogP) is 2.62. The van der Waals surface area contributed by atoms with E-state index in [2.05, 4.69) is 26.1 Å². The monoisotopic (exact) mass is 263 g/mol. The van der Waals surface area contributed by atoms with Crippen LogP contribution in [-0.2, 0) is 9.84 Å². The Bertz CT molecular complexity index is 284. The molecular formula is C13H29NO2S. The molecular weight excluding hydrogens is 234 g/mol. The second-order valence-corrected chi connectivity index (χ2v) is 8.04. The van der Waals surface area contributed by atoms with Crippen molar-refractivity contribution in [2.45, 2.75) is 52.9 Å². The molecule has 0 saturated carbocycles. The molecule has 0 rings (SSSR count). The number of rotatable bonds is 10. The van der Waals surface area contributed by atoms with Gasteiger partial charge in [-0.2, -0.15) is 0 Å². The molecule has 0 amide bonds. The van der Waals surface area contributed by atoms with E-state index in [0.29, 0.717) is 11.8 Å². The van der Waals surface area contributed by atoms with Crippen molar-refractivity contribution in [3.05, 3.63) is 0 Å². The molecule has 0 aliphatic carbocycles. The van der Waals surface area contributed by atoms with Crippen molar-refractivity contribution in [3.63, 3.8) is 0 Å². The lowest BCUT2D eigenvalue weighted by Crippen LogP contribution is -2.30. The smallest absolute Gasteiger partial charge is 0.147 e. The lowest BCUT2D eigenvalue weighted by molar-refractivity contribution is 0.303. The molecule has 0 aromatic rings. The molecule has 0 spiro atoms. The van der Waals surface area contributed by atoms with Crippen LogP contribution >= 0.6 is 0 Å². The van der Waals surface area contributed by atoms with Crippen LogP contribution in [-0.4, -0.2) is 33.5 Å². The van der Waals surface area contributed by atoms with Crippen LogP contribution in [0.2, 0.25) is 0 Å². The Balaban J connectivity index is 3.58. The molecule has 17 heavy (non-hydrogen) atoms. The van der Waals surface area contributed by atoms with Crippen LogP contribution in [0.3, 0.4) is 0 Å². The zero-order chi connectivity index (χ0) is 13.4. The predicted molar refractivity (Wildman–Crippen MR) is 75.1 cm³/mol. The van der Waals surface area contributed by atoms with E-state index in [1.54, 1.807) is 0 Å². The van der Waals surface area contributed by atoms with Crippen molar-refractivity contribution in [2.75, 3.05) is 25.1 Å². The van der Waals surface area contributed by atoms with Gasteiger partial charge in [-0.25, -0.2) is 8.42 Å². The van der Waals surface area contributed by atoms with E-state index in [-0.39, 0.29) is 5.75 Å². The molecule has 0 unspecified atom stereocenters. The molecule has 104 valence electrons. The van der Waals surface area contributed by atoms with Gasteiger partial charge in [0, 0.05) is 12.8 Å². The van der Waals surface area contributed by atoms with E-state index >= 15 is 0 Å². The van der Waals surface area contributed by atoms with E-state index < -0.39 is 9.84 Å². The first kappa shape index (κ1) is 16.9. The van der Waals surface area contributed by atoms with Crippen LogP contribution < -0.4 is 5.32 Å². The van der Waals surface area contributed by atoms with Crippen LogP contribution in [0.1, 0.15) is 52.9 Å². The number of unbranched alkanes of at least 4 members (excludes halogenated alkanes) is 2. The Hall–Kier alpha value is -0.0900. The molecule has 0 radical (unpaired) electrons. The van der Waals surface area contributed by atoms with Gasteiger partial charge in [-0.3, -0.25) is 0 Å². The third kappa shape index (κ3) is 12.2. The second-order valence-electron chi connectivity index (χ2n) is 5.78. The van der Waals surface area contributed by atoms with Crippen molar-refractivity contribution >= 4 is 9.84 Å². The minimum atomic E-state index is -2.80. The van der Waals surface area contributed by atoms with E-state index in [4.69, 9.17) is 0 Å². The van der Waals surface area contributed by atoms with Crippen molar-refractivity contribution in [1.82, 2.24) is 5.32 Å². The van der Waals surface area contributed by atoms with Crippen LogP contribution in [0.25, 0.3) is 0 Å². The Morgan fingerprint density at radius 2 is 1.76 bits per heavy atom. The summed E-state index contributed by atoms with van der Waals surface area (Å²) in [5, 5.41) is 3.36.